The molecular weight excluding hydrogens is 188 g/mol. The molecule has 0 amide bonds. The van der Waals surface area contributed by atoms with Crippen LogP contribution in [0.15, 0.2) is 22.7 Å². The summed E-state index contributed by atoms with van der Waals surface area (Å²) in [6.45, 7) is 0. The third kappa shape index (κ3) is 0.816. The highest BCUT2D eigenvalue weighted by Crippen LogP contribution is 2.26. The molecule has 0 aromatic heterocycles. The summed E-state index contributed by atoms with van der Waals surface area (Å²) in [4.78, 5) is 0. The van der Waals surface area contributed by atoms with Crippen LogP contribution in [0, 0.1) is 6.07 Å². The molecule has 1 heteroatoms. The Morgan fingerprint density at radius 1 is 1.50 bits per heavy atom. The molecule has 0 unspecified atom stereocenters. The number of allylic oxidation sites excluding steroid dienone is 1. The monoisotopic (exact) mass is 193 g/mol. The first-order valence-electron chi connectivity index (χ1n) is 3.23. The van der Waals surface area contributed by atoms with Crippen LogP contribution in [0.25, 0.3) is 6.08 Å². The third-order valence-corrected chi connectivity index (χ3v) is 2.37. The van der Waals surface area contributed by atoms with E-state index in [4.69, 9.17) is 0 Å². The normalized spacial score (nSPS) is 13.7. The fraction of sp³-hybridized carbons (Fsp3) is 0.111. The predicted molar refractivity (Wildman–Crippen MR) is 45.7 cm³/mol. The fourth-order valence-corrected chi connectivity index (χ4v) is 1.67. The summed E-state index contributed by atoms with van der Waals surface area (Å²) in [6, 6.07) is 7.17. The van der Waals surface area contributed by atoms with Crippen molar-refractivity contribution >= 4 is 22.0 Å². The SMILES string of the molecule is Brc1cc[c]c2c1C=CC2. The van der Waals surface area contributed by atoms with Gasteiger partial charge in [-0.15, -0.1) is 0 Å². The maximum absolute atomic E-state index is 3.48. The molecule has 0 N–H and O–H groups in total. The second-order valence-electron chi connectivity index (χ2n) is 2.32. The first-order valence-corrected chi connectivity index (χ1v) is 4.03. The minimum Gasteiger partial charge on any atom is -0.0794 e. The number of hydrogen-bond donors (Lipinski definition) is 0. The van der Waals surface area contributed by atoms with E-state index in [1.165, 1.54) is 15.6 Å². The standard InChI is InChI=1S/C9H6Br/c10-9-6-2-4-7-3-1-5-8(7)9/h1-2,5-6H,3H2. The second kappa shape index (κ2) is 2.24. The Morgan fingerprint density at radius 3 is 3.20 bits per heavy atom. The van der Waals surface area contributed by atoms with Gasteiger partial charge >= 0.3 is 0 Å². The number of hydrogen-bond acceptors (Lipinski definition) is 0. The van der Waals surface area contributed by atoms with Crippen molar-refractivity contribution in [3.05, 3.63) is 39.9 Å². The average Bonchev–Trinajstić information content (AvgIpc) is 2.36. The van der Waals surface area contributed by atoms with Crippen molar-refractivity contribution in [3.8, 4) is 0 Å². The molecule has 0 aliphatic heterocycles. The van der Waals surface area contributed by atoms with E-state index >= 15 is 0 Å². The topological polar surface area (TPSA) is 0 Å². The summed E-state index contributed by atoms with van der Waals surface area (Å²) in [5, 5.41) is 0. The first kappa shape index (κ1) is 6.17. The van der Waals surface area contributed by atoms with Gasteiger partial charge < -0.3 is 0 Å². The molecule has 0 saturated heterocycles. The lowest BCUT2D eigenvalue weighted by molar-refractivity contribution is 1.30. The van der Waals surface area contributed by atoms with Crippen molar-refractivity contribution < 1.29 is 0 Å². The van der Waals surface area contributed by atoms with Gasteiger partial charge in [-0.3, -0.25) is 0 Å². The van der Waals surface area contributed by atoms with Crippen LogP contribution in [0.3, 0.4) is 0 Å². The van der Waals surface area contributed by atoms with Crippen molar-refractivity contribution in [2.75, 3.05) is 0 Å². The lowest BCUT2D eigenvalue weighted by Gasteiger charge is -1.97. The molecule has 2 rings (SSSR count). The maximum atomic E-state index is 3.48. The van der Waals surface area contributed by atoms with Gasteiger partial charge in [0.15, 0.2) is 0 Å². The van der Waals surface area contributed by atoms with Gasteiger partial charge in [0.05, 0.1) is 0 Å². The van der Waals surface area contributed by atoms with Gasteiger partial charge in [0.2, 0.25) is 0 Å². The quantitative estimate of drug-likeness (QED) is 0.595. The van der Waals surface area contributed by atoms with Gasteiger partial charge in [-0.2, -0.15) is 0 Å². The lowest BCUT2D eigenvalue weighted by Crippen LogP contribution is -1.81. The predicted octanol–water partition coefficient (Wildman–Crippen LogP) is 2.82. The average molecular weight is 194 g/mol. The minimum absolute atomic E-state index is 1.04. The summed E-state index contributed by atoms with van der Waals surface area (Å²) >= 11 is 3.48. The Balaban J connectivity index is 2.67. The van der Waals surface area contributed by atoms with Gasteiger partial charge in [-0.05, 0) is 29.7 Å². The maximum Gasteiger partial charge on any atom is 0.0250 e. The molecule has 0 spiro atoms. The molecule has 49 valence electrons. The zero-order valence-electron chi connectivity index (χ0n) is 5.39. The van der Waals surface area contributed by atoms with Crippen molar-refractivity contribution in [1.29, 1.82) is 0 Å². The van der Waals surface area contributed by atoms with Crippen LogP contribution in [0.2, 0.25) is 0 Å². The lowest BCUT2D eigenvalue weighted by atomic mass is 10.1. The van der Waals surface area contributed by atoms with E-state index in [-0.39, 0.29) is 0 Å². The van der Waals surface area contributed by atoms with Crippen molar-refractivity contribution in [2.45, 2.75) is 6.42 Å². The van der Waals surface area contributed by atoms with Gasteiger partial charge in [0.25, 0.3) is 0 Å². The summed E-state index contributed by atoms with van der Waals surface area (Å²) < 4.78 is 1.18. The molecule has 0 saturated carbocycles. The van der Waals surface area contributed by atoms with Crippen molar-refractivity contribution in [1.82, 2.24) is 0 Å². The summed E-state index contributed by atoms with van der Waals surface area (Å²) in [5.41, 5.74) is 2.59. The Hall–Kier alpha value is -0.560. The van der Waals surface area contributed by atoms with E-state index in [0.29, 0.717) is 0 Å². The first-order chi connectivity index (χ1) is 4.88. The van der Waals surface area contributed by atoms with E-state index < -0.39 is 0 Å². The van der Waals surface area contributed by atoms with Crippen LogP contribution in [0.5, 0.6) is 0 Å². The van der Waals surface area contributed by atoms with Crippen LogP contribution >= 0.6 is 15.9 Å². The Morgan fingerprint density at radius 2 is 2.40 bits per heavy atom. The third-order valence-electron chi connectivity index (χ3n) is 1.68. The molecular formula is C9H6Br. The highest BCUT2D eigenvalue weighted by atomic mass is 79.9. The highest BCUT2D eigenvalue weighted by Gasteiger charge is 2.06. The number of benzene rings is 1. The summed E-state index contributed by atoms with van der Waals surface area (Å²) in [5.74, 6) is 0. The van der Waals surface area contributed by atoms with Gasteiger partial charge in [-0.1, -0.05) is 34.1 Å². The molecule has 1 aromatic carbocycles. The molecule has 0 bridgehead atoms. The molecule has 10 heavy (non-hydrogen) atoms. The fourth-order valence-electron chi connectivity index (χ4n) is 1.17. The zero-order valence-corrected chi connectivity index (χ0v) is 6.98. The van der Waals surface area contributed by atoms with Gasteiger partial charge in [-0.25, -0.2) is 0 Å². The molecule has 1 aliphatic carbocycles. The Labute approximate surface area is 68.7 Å². The van der Waals surface area contributed by atoms with E-state index in [0.717, 1.165) is 6.42 Å². The van der Waals surface area contributed by atoms with Crippen LogP contribution < -0.4 is 0 Å². The van der Waals surface area contributed by atoms with Gasteiger partial charge in [0, 0.05) is 4.47 Å². The Kier molecular flexibility index (Phi) is 1.38. The molecule has 0 atom stereocenters. The van der Waals surface area contributed by atoms with Crippen LogP contribution in [0.4, 0.5) is 0 Å². The largest absolute Gasteiger partial charge is 0.0794 e. The minimum atomic E-state index is 1.04. The van der Waals surface area contributed by atoms with Crippen LogP contribution in [-0.4, -0.2) is 0 Å². The Bertz CT molecular complexity index is 287. The summed E-state index contributed by atoms with van der Waals surface area (Å²) in [6.07, 6.45) is 5.33. The number of rotatable bonds is 0. The number of halogens is 1. The van der Waals surface area contributed by atoms with Crippen LogP contribution in [-0.2, 0) is 6.42 Å². The second-order valence-corrected chi connectivity index (χ2v) is 3.18. The van der Waals surface area contributed by atoms with Crippen molar-refractivity contribution in [2.24, 2.45) is 0 Å². The molecule has 0 heterocycles. The molecule has 1 radical (unpaired) electrons. The highest BCUT2D eigenvalue weighted by molar-refractivity contribution is 9.10. The molecule has 0 nitrogen and oxygen atoms in total. The van der Waals surface area contributed by atoms with E-state index in [1.54, 1.807) is 0 Å². The van der Waals surface area contributed by atoms with E-state index in [2.05, 4.69) is 34.1 Å². The smallest absolute Gasteiger partial charge is 0.0250 e. The molecule has 0 fully saturated rings. The molecule has 1 aliphatic rings. The zero-order chi connectivity index (χ0) is 6.97. The molecule has 1 aromatic rings. The van der Waals surface area contributed by atoms with E-state index in [9.17, 15) is 0 Å². The number of fused-ring (bicyclic) bond motifs is 1. The van der Waals surface area contributed by atoms with E-state index in [1.807, 2.05) is 12.1 Å². The summed E-state index contributed by atoms with van der Waals surface area (Å²) in [7, 11) is 0. The van der Waals surface area contributed by atoms with Gasteiger partial charge in [0.1, 0.15) is 0 Å². The van der Waals surface area contributed by atoms with Crippen molar-refractivity contribution in [3.63, 3.8) is 0 Å². The van der Waals surface area contributed by atoms with Crippen LogP contribution in [0.1, 0.15) is 11.1 Å².